The normalized spacial score (nSPS) is 22.1. The van der Waals surface area contributed by atoms with E-state index in [1.807, 2.05) is 6.92 Å². The van der Waals surface area contributed by atoms with Crippen molar-refractivity contribution < 1.29 is 13.2 Å². The van der Waals surface area contributed by atoms with E-state index in [9.17, 15) is 13.2 Å². The third kappa shape index (κ3) is 4.36. The Morgan fingerprint density at radius 3 is 2.71 bits per heavy atom. The molecule has 1 N–H and O–H groups in total. The third-order valence-electron chi connectivity index (χ3n) is 4.03. The van der Waals surface area contributed by atoms with Crippen LogP contribution in [0.1, 0.15) is 25.3 Å². The predicted molar refractivity (Wildman–Crippen MR) is 82.4 cm³/mol. The highest BCUT2D eigenvalue weighted by Gasteiger charge is 2.33. The van der Waals surface area contributed by atoms with Crippen LogP contribution in [0.5, 0.6) is 0 Å². The van der Waals surface area contributed by atoms with Crippen LogP contribution >= 0.6 is 15.9 Å². The highest BCUT2D eigenvalue weighted by atomic mass is 79.9. The van der Waals surface area contributed by atoms with Gasteiger partial charge in [-0.25, -0.2) is 0 Å². The van der Waals surface area contributed by atoms with Gasteiger partial charge in [-0.3, -0.25) is 0 Å². The van der Waals surface area contributed by atoms with Crippen LogP contribution < -0.4 is 5.32 Å². The van der Waals surface area contributed by atoms with Gasteiger partial charge in [0.15, 0.2) is 0 Å². The number of alkyl halides is 3. The van der Waals surface area contributed by atoms with Crippen molar-refractivity contribution in [3.8, 4) is 0 Å². The number of rotatable bonds is 3. The van der Waals surface area contributed by atoms with Crippen LogP contribution in [0.3, 0.4) is 0 Å². The topological polar surface area (TPSA) is 15.3 Å². The van der Waals surface area contributed by atoms with Crippen molar-refractivity contribution in [3.05, 3.63) is 28.2 Å². The molecular weight excluding hydrogens is 345 g/mol. The molecule has 1 aliphatic heterocycles. The van der Waals surface area contributed by atoms with Crippen LogP contribution in [0, 0.1) is 5.92 Å². The molecule has 1 aromatic carbocycles. The van der Waals surface area contributed by atoms with Crippen molar-refractivity contribution in [2.45, 2.75) is 32.0 Å². The molecule has 2 unspecified atom stereocenters. The van der Waals surface area contributed by atoms with Gasteiger partial charge in [-0.15, -0.1) is 0 Å². The Bertz CT molecular complexity index is 490. The van der Waals surface area contributed by atoms with E-state index in [0.29, 0.717) is 11.6 Å². The molecule has 0 aromatic heterocycles. The molecule has 1 saturated heterocycles. The number of anilines is 1. The average Bonchev–Trinajstić information content (AvgIpc) is 2.39. The largest absolute Gasteiger partial charge is 0.417 e. The van der Waals surface area contributed by atoms with E-state index < -0.39 is 11.7 Å². The molecule has 0 saturated carbocycles. The van der Waals surface area contributed by atoms with Crippen molar-refractivity contribution in [2.24, 2.45) is 5.92 Å². The zero-order valence-corrected chi connectivity index (χ0v) is 13.8. The molecule has 0 bridgehead atoms. The molecule has 0 aliphatic carbocycles. The van der Waals surface area contributed by atoms with Crippen LogP contribution in [0.25, 0.3) is 0 Å². The maximum atomic E-state index is 12.9. The van der Waals surface area contributed by atoms with Crippen molar-refractivity contribution in [2.75, 3.05) is 25.5 Å². The second-order valence-corrected chi connectivity index (χ2v) is 6.64. The maximum absolute atomic E-state index is 12.9. The fraction of sp³-hybridized carbons (Fsp3) is 0.600. The molecule has 6 heteroatoms. The average molecular weight is 365 g/mol. The molecule has 118 valence electrons. The highest BCUT2D eigenvalue weighted by molar-refractivity contribution is 9.10. The van der Waals surface area contributed by atoms with Crippen molar-refractivity contribution in [3.63, 3.8) is 0 Å². The minimum absolute atomic E-state index is 0.0746. The van der Waals surface area contributed by atoms with E-state index in [-0.39, 0.29) is 10.5 Å². The maximum Gasteiger partial charge on any atom is 0.417 e. The van der Waals surface area contributed by atoms with Crippen LogP contribution in [-0.4, -0.2) is 31.1 Å². The molecule has 2 atom stereocenters. The highest BCUT2D eigenvalue weighted by Crippen LogP contribution is 2.36. The number of nitrogens with zero attached hydrogens (tertiary/aromatic N) is 1. The smallest absolute Gasteiger partial charge is 0.382 e. The number of hydrogen-bond acceptors (Lipinski definition) is 2. The van der Waals surface area contributed by atoms with Crippen LogP contribution in [0.2, 0.25) is 0 Å². The summed E-state index contributed by atoms with van der Waals surface area (Å²) in [6.45, 7) is 4.12. The van der Waals surface area contributed by atoms with E-state index in [0.717, 1.165) is 25.9 Å². The van der Waals surface area contributed by atoms with E-state index in [4.69, 9.17) is 0 Å². The first-order chi connectivity index (χ1) is 9.77. The number of hydrogen-bond donors (Lipinski definition) is 1. The first-order valence-electron chi connectivity index (χ1n) is 7.09. The fourth-order valence-electron chi connectivity index (χ4n) is 2.83. The first kappa shape index (κ1) is 16.6. The number of benzene rings is 1. The van der Waals surface area contributed by atoms with Crippen LogP contribution in [-0.2, 0) is 6.18 Å². The molecule has 21 heavy (non-hydrogen) atoms. The van der Waals surface area contributed by atoms with Crippen molar-refractivity contribution in [1.29, 1.82) is 0 Å². The summed E-state index contributed by atoms with van der Waals surface area (Å²) in [5.41, 5.74) is -0.119. The van der Waals surface area contributed by atoms with Gasteiger partial charge in [-0.2, -0.15) is 13.2 Å². The van der Waals surface area contributed by atoms with Gasteiger partial charge in [-0.05, 0) is 57.5 Å². The van der Waals surface area contributed by atoms with Gasteiger partial charge < -0.3 is 10.2 Å². The summed E-state index contributed by atoms with van der Waals surface area (Å²) in [5.74, 6) is 0.460. The number of piperidine rings is 1. The summed E-state index contributed by atoms with van der Waals surface area (Å²) in [6.07, 6.45) is -2.09. The lowest BCUT2D eigenvalue weighted by Gasteiger charge is -2.34. The SMILES string of the molecule is CC(Nc1ccc(Br)c(C(F)(F)F)c1)C1CCCN(C)C1. The second kappa shape index (κ2) is 6.57. The van der Waals surface area contributed by atoms with Crippen LogP contribution in [0.4, 0.5) is 18.9 Å². The molecule has 0 spiro atoms. The lowest BCUT2D eigenvalue weighted by molar-refractivity contribution is -0.138. The van der Waals surface area contributed by atoms with Crippen molar-refractivity contribution >= 4 is 21.6 Å². The Morgan fingerprint density at radius 2 is 2.10 bits per heavy atom. The monoisotopic (exact) mass is 364 g/mol. The number of halogens is 4. The Morgan fingerprint density at radius 1 is 1.38 bits per heavy atom. The fourth-order valence-corrected chi connectivity index (χ4v) is 3.30. The molecule has 2 nitrogen and oxygen atoms in total. The van der Waals surface area contributed by atoms with Gasteiger partial charge in [0.25, 0.3) is 0 Å². The lowest BCUT2D eigenvalue weighted by atomic mass is 9.91. The lowest BCUT2D eigenvalue weighted by Crippen LogP contribution is -2.39. The summed E-state index contributed by atoms with van der Waals surface area (Å²) in [5, 5.41) is 3.22. The molecule has 0 amide bonds. The van der Waals surface area contributed by atoms with E-state index in [2.05, 4.69) is 33.2 Å². The van der Waals surface area contributed by atoms with E-state index in [1.54, 1.807) is 6.07 Å². The molecule has 1 heterocycles. The van der Waals surface area contributed by atoms with Gasteiger partial charge in [0.2, 0.25) is 0 Å². The van der Waals surface area contributed by atoms with Gasteiger partial charge in [-0.1, -0.05) is 15.9 Å². The zero-order valence-electron chi connectivity index (χ0n) is 12.2. The Labute approximate surface area is 131 Å². The Hall–Kier alpha value is -0.750. The molecular formula is C15H20BrF3N2. The Kier molecular flexibility index (Phi) is 5.20. The van der Waals surface area contributed by atoms with Crippen LogP contribution in [0.15, 0.2) is 22.7 Å². The summed E-state index contributed by atoms with van der Waals surface area (Å²) in [7, 11) is 2.08. The predicted octanol–water partition coefficient (Wildman–Crippen LogP) is 4.61. The van der Waals surface area contributed by atoms with Gasteiger partial charge in [0.1, 0.15) is 0 Å². The Balaban J connectivity index is 2.09. The zero-order chi connectivity index (χ0) is 15.6. The molecule has 1 aromatic rings. The summed E-state index contributed by atoms with van der Waals surface area (Å²) in [4.78, 5) is 2.27. The summed E-state index contributed by atoms with van der Waals surface area (Å²) in [6, 6.07) is 4.45. The standard InChI is InChI=1S/C15H20BrF3N2/c1-10(11-4-3-7-21(2)9-11)20-12-5-6-14(16)13(8-12)15(17,18)19/h5-6,8,10-11,20H,3-4,7,9H2,1-2H3. The summed E-state index contributed by atoms with van der Waals surface area (Å²) >= 11 is 2.96. The first-order valence-corrected chi connectivity index (χ1v) is 7.88. The molecule has 1 fully saturated rings. The molecule has 2 rings (SSSR count). The van der Waals surface area contributed by atoms with Gasteiger partial charge >= 0.3 is 6.18 Å². The van der Waals surface area contributed by atoms with Gasteiger partial charge in [0, 0.05) is 22.7 Å². The molecule has 1 aliphatic rings. The minimum Gasteiger partial charge on any atom is -0.382 e. The molecule has 0 radical (unpaired) electrons. The van der Waals surface area contributed by atoms with Gasteiger partial charge in [0.05, 0.1) is 5.56 Å². The van der Waals surface area contributed by atoms with E-state index >= 15 is 0 Å². The number of nitrogens with one attached hydrogen (secondary N) is 1. The number of likely N-dealkylation sites (tertiary alicyclic amines) is 1. The second-order valence-electron chi connectivity index (χ2n) is 5.79. The third-order valence-corrected chi connectivity index (χ3v) is 4.73. The minimum atomic E-state index is -4.34. The summed E-state index contributed by atoms with van der Waals surface area (Å²) < 4.78 is 38.8. The quantitative estimate of drug-likeness (QED) is 0.842. The van der Waals surface area contributed by atoms with Crippen molar-refractivity contribution in [1.82, 2.24) is 4.90 Å². The van der Waals surface area contributed by atoms with E-state index in [1.165, 1.54) is 12.1 Å².